The number of benzene rings is 1. The molecule has 0 aliphatic carbocycles. The lowest BCUT2D eigenvalue weighted by Gasteiger charge is -2.01. The maximum atomic E-state index is 11.7. The second kappa shape index (κ2) is 8.57. The normalized spacial score (nSPS) is 10.9. The van der Waals surface area contributed by atoms with Crippen molar-refractivity contribution in [3.8, 4) is 11.3 Å². The summed E-state index contributed by atoms with van der Waals surface area (Å²) in [4.78, 5) is 23.3. The standard InChI is InChI=1S/C18H13Cl2N3O4/c19-13-5-3-11(8-14(13)20)15-6-4-12(27-15)9-22-23-17(24)10-21-18(25)16-2-1-7-26-16/h1-9H,10H2,(H,21,25)(H,23,24)/b22-9+. The van der Waals surface area contributed by atoms with Gasteiger partial charge in [0.05, 0.1) is 29.1 Å². The highest BCUT2D eigenvalue weighted by atomic mass is 35.5. The number of hydrogen-bond acceptors (Lipinski definition) is 5. The van der Waals surface area contributed by atoms with Crippen LogP contribution in [0.2, 0.25) is 10.0 Å². The SMILES string of the molecule is O=C(CNC(=O)c1ccco1)N/N=C/c1ccc(-c2ccc(Cl)c(Cl)c2)o1. The zero-order chi connectivity index (χ0) is 19.2. The van der Waals surface area contributed by atoms with Crippen LogP contribution in [0.15, 0.2) is 62.7 Å². The lowest BCUT2D eigenvalue weighted by Crippen LogP contribution is -2.34. The van der Waals surface area contributed by atoms with Crippen LogP contribution in [-0.2, 0) is 4.79 Å². The minimum absolute atomic E-state index is 0.122. The van der Waals surface area contributed by atoms with Gasteiger partial charge in [-0.2, -0.15) is 5.10 Å². The Morgan fingerprint density at radius 1 is 1.11 bits per heavy atom. The fourth-order valence-corrected chi connectivity index (χ4v) is 2.39. The fourth-order valence-electron chi connectivity index (χ4n) is 2.09. The molecule has 0 fully saturated rings. The van der Waals surface area contributed by atoms with Crippen LogP contribution in [0.25, 0.3) is 11.3 Å². The molecule has 1 aromatic carbocycles. The molecule has 0 spiro atoms. The van der Waals surface area contributed by atoms with E-state index >= 15 is 0 Å². The molecule has 0 bridgehead atoms. The number of amides is 2. The van der Waals surface area contributed by atoms with Gasteiger partial charge in [-0.3, -0.25) is 9.59 Å². The second-order valence-electron chi connectivity index (χ2n) is 5.28. The van der Waals surface area contributed by atoms with Crippen molar-refractivity contribution >= 4 is 41.2 Å². The molecule has 7 nitrogen and oxygen atoms in total. The maximum Gasteiger partial charge on any atom is 0.287 e. The Hall–Kier alpha value is -3.03. The minimum atomic E-state index is -0.498. The maximum absolute atomic E-state index is 11.7. The van der Waals surface area contributed by atoms with E-state index in [1.165, 1.54) is 18.5 Å². The van der Waals surface area contributed by atoms with Crippen molar-refractivity contribution < 1.29 is 18.4 Å². The van der Waals surface area contributed by atoms with Gasteiger partial charge in [0.15, 0.2) is 5.76 Å². The molecule has 0 atom stereocenters. The molecule has 0 radical (unpaired) electrons. The van der Waals surface area contributed by atoms with Gasteiger partial charge in [-0.25, -0.2) is 5.43 Å². The molecular formula is C18H13Cl2N3O4. The van der Waals surface area contributed by atoms with Crippen molar-refractivity contribution in [3.05, 3.63) is 70.3 Å². The third-order valence-corrected chi connectivity index (χ3v) is 4.11. The molecule has 2 heterocycles. The molecule has 2 aromatic heterocycles. The zero-order valence-corrected chi connectivity index (χ0v) is 15.3. The summed E-state index contributed by atoms with van der Waals surface area (Å²) < 4.78 is 10.5. The van der Waals surface area contributed by atoms with Gasteiger partial charge in [0.25, 0.3) is 11.8 Å². The van der Waals surface area contributed by atoms with E-state index in [1.54, 1.807) is 36.4 Å². The number of hydrazone groups is 1. The molecule has 0 saturated carbocycles. The predicted molar refractivity (Wildman–Crippen MR) is 101 cm³/mol. The van der Waals surface area contributed by atoms with Crippen LogP contribution in [0.3, 0.4) is 0 Å². The third-order valence-electron chi connectivity index (χ3n) is 3.37. The Kier molecular flexibility index (Phi) is 5.95. The lowest BCUT2D eigenvalue weighted by molar-refractivity contribution is -0.120. The van der Waals surface area contributed by atoms with E-state index in [2.05, 4.69) is 15.8 Å². The molecular weight excluding hydrogens is 393 g/mol. The van der Waals surface area contributed by atoms with Gasteiger partial charge in [-0.15, -0.1) is 0 Å². The summed E-state index contributed by atoms with van der Waals surface area (Å²) in [6, 6.07) is 11.6. The number of furan rings is 2. The summed E-state index contributed by atoms with van der Waals surface area (Å²) >= 11 is 11.9. The highest BCUT2D eigenvalue weighted by Gasteiger charge is 2.10. The molecule has 0 saturated heterocycles. The largest absolute Gasteiger partial charge is 0.459 e. The highest BCUT2D eigenvalue weighted by Crippen LogP contribution is 2.29. The first-order valence-electron chi connectivity index (χ1n) is 7.72. The molecule has 3 rings (SSSR count). The molecule has 3 aromatic rings. The Bertz CT molecular complexity index is 980. The molecule has 0 aliphatic heterocycles. The van der Waals surface area contributed by atoms with Crippen molar-refractivity contribution in [1.29, 1.82) is 0 Å². The van der Waals surface area contributed by atoms with Crippen molar-refractivity contribution in [3.63, 3.8) is 0 Å². The second-order valence-corrected chi connectivity index (χ2v) is 6.10. The summed E-state index contributed by atoms with van der Waals surface area (Å²) in [7, 11) is 0. The van der Waals surface area contributed by atoms with Crippen molar-refractivity contribution in [2.24, 2.45) is 5.10 Å². The molecule has 2 N–H and O–H groups in total. The van der Waals surface area contributed by atoms with Crippen LogP contribution < -0.4 is 10.7 Å². The number of nitrogens with one attached hydrogen (secondary N) is 2. The van der Waals surface area contributed by atoms with E-state index in [4.69, 9.17) is 32.0 Å². The Balaban J connectivity index is 1.51. The van der Waals surface area contributed by atoms with Crippen molar-refractivity contribution in [1.82, 2.24) is 10.7 Å². The van der Waals surface area contributed by atoms with Crippen LogP contribution in [0.5, 0.6) is 0 Å². The Morgan fingerprint density at radius 2 is 1.96 bits per heavy atom. The predicted octanol–water partition coefficient (Wildman–Crippen LogP) is 3.73. The van der Waals surface area contributed by atoms with Gasteiger partial charge in [0.1, 0.15) is 11.5 Å². The summed E-state index contributed by atoms with van der Waals surface area (Å²) in [5, 5.41) is 7.06. The smallest absolute Gasteiger partial charge is 0.287 e. The van der Waals surface area contributed by atoms with E-state index in [1.807, 2.05) is 0 Å². The van der Waals surface area contributed by atoms with Gasteiger partial charge >= 0.3 is 0 Å². The number of halogens is 2. The number of carbonyl (C=O) groups excluding carboxylic acids is 2. The van der Waals surface area contributed by atoms with Crippen molar-refractivity contribution in [2.45, 2.75) is 0 Å². The molecule has 27 heavy (non-hydrogen) atoms. The van der Waals surface area contributed by atoms with E-state index < -0.39 is 11.8 Å². The van der Waals surface area contributed by atoms with Gasteiger partial charge in [-0.1, -0.05) is 23.2 Å². The van der Waals surface area contributed by atoms with Crippen molar-refractivity contribution in [2.75, 3.05) is 6.54 Å². The summed E-state index contributed by atoms with van der Waals surface area (Å²) in [5.74, 6) is 0.138. The van der Waals surface area contributed by atoms with Crippen LogP contribution in [0.1, 0.15) is 16.3 Å². The fraction of sp³-hybridized carbons (Fsp3) is 0.0556. The van der Waals surface area contributed by atoms with Gasteiger partial charge in [0.2, 0.25) is 0 Å². The Labute approximate surface area is 163 Å². The first-order chi connectivity index (χ1) is 13.0. The molecule has 9 heteroatoms. The van der Waals surface area contributed by atoms with E-state index in [0.29, 0.717) is 21.6 Å². The topological polar surface area (TPSA) is 96.8 Å². The van der Waals surface area contributed by atoms with E-state index in [-0.39, 0.29) is 12.3 Å². The minimum Gasteiger partial charge on any atom is -0.459 e. The third kappa shape index (κ3) is 4.99. The van der Waals surface area contributed by atoms with Crippen LogP contribution >= 0.6 is 23.2 Å². The first kappa shape index (κ1) is 18.8. The first-order valence-corrected chi connectivity index (χ1v) is 8.47. The van der Waals surface area contributed by atoms with Crippen LogP contribution in [0, 0.1) is 0 Å². The molecule has 0 aliphatic rings. The quantitative estimate of drug-likeness (QED) is 0.482. The van der Waals surface area contributed by atoms with Gasteiger partial charge in [-0.05, 0) is 42.5 Å². The lowest BCUT2D eigenvalue weighted by atomic mass is 10.2. The molecule has 2 amide bonds. The number of rotatable bonds is 6. The molecule has 138 valence electrons. The van der Waals surface area contributed by atoms with Gasteiger partial charge < -0.3 is 14.2 Å². The summed E-state index contributed by atoms with van der Waals surface area (Å²) in [6.07, 6.45) is 2.71. The number of nitrogens with zero attached hydrogens (tertiary/aromatic N) is 1. The van der Waals surface area contributed by atoms with Crippen LogP contribution in [-0.4, -0.2) is 24.6 Å². The summed E-state index contributed by atoms with van der Waals surface area (Å²) in [6.45, 7) is -0.246. The highest BCUT2D eigenvalue weighted by molar-refractivity contribution is 6.42. The van der Waals surface area contributed by atoms with E-state index in [0.717, 1.165) is 5.56 Å². The monoisotopic (exact) mass is 405 g/mol. The number of carbonyl (C=O) groups is 2. The van der Waals surface area contributed by atoms with Crippen LogP contribution in [0.4, 0.5) is 0 Å². The van der Waals surface area contributed by atoms with E-state index in [9.17, 15) is 9.59 Å². The zero-order valence-electron chi connectivity index (χ0n) is 13.7. The summed E-state index contributed by atoms with van der Waals surface area (Å²) in [5.41, 5.74) is 3.04. The average molecular weight is 406 g/mol. The molecule has 0 unspecified atom stereocenters. The van der Waals surface area contributed by atoms with Gasteiger partial charge in [0, 0.05) is 5.56 Å². The number of hydrogen-bond donors (Lipinski definition) is 2. The average Bonchev–Trinajstić information content (AvgIpc) is 3.34. The Morgan fingerprint density at radius 3 is 2.70 bits per heavy atom.